The molecule has 0 bridgehead atoms. The quantitative estimate of drug-likeness (QED) is 0.530. The molecule has 28 heavy (non-hydrogen) atoms. The Labute approximate surface area is 165 Å². The smallest absolute Gasteiger partial charge is 0.0567 e. The lowest BCUT2D eigenvalue weighted by Gasteiger charge is -2.27. The normalized spacial score (nSPS) is 20.6. The Bertz CT molecular complexity index is 1160. The Balaban J connectivity index is 1.46. The van der Waals surface area contributed by atoms with E-state index in [0.717, 1.165) is 25.2 Å². The van der Waals surface area contributed by atoms with Gasteiger partial charge in [0.25, 0.3) is 0 Å². The summed E-state index contributed by atoms with van der Waals surface area (Å²) >= 11 is 0. The van der Waals surface area contributed by atoms with Crippen LogP contribution in [0.25, 0.3) is 22.2 Å². The monoisotopic (exact) mass is 364 g/mol. The van der Waals surface area contributed by atoms with Gasteiger partial charge in [0.2, 0.25) is 0 Å². The van der Waals surface area contributed by atoms with Crippen molar-refractivity contribution in [2.45, 2.75) is 38.5 Å². The molecular formula is C26H24N2. The number of hydrogen-bond donors (Lipinski definition) is 0. The van der Waals surface area contributed by atoms with E-state index in [4.69, 9.17) is 0 Å². The Morgan fingerprint density at radius 3 is 2.89 bits per heavy atom. The number of hydrogen-bond acceptors (Lipinski definition) is 1. The van der Waals surface area contributed by atoms with E-state index in [1.807, 2.05) is 6.20 Å². The maximum atomic E-state index is 4.43. The van der Waals surface area contributed by atoms with Crippen LogP contribution in [0.4, 0.5) is 0 Å². The lowest BCUT2D eigenvalue weighted by atomic mass is 9.82. The second-order valence-electron chi connectivity index (χ2n) is 8.36. The molecule has 3 aromatic rings. The van der Waals surface area contributed by atoms with Crippen molar-refractivity contribution in [3.05, 3.63) is 89.4 Å². The summed E-state index contributed by atoms with van der Waals surface area (Å²) in [7, 11) is 0. The molecular weight excluding hydrogens is 340 g/mol. The van der Waals surface area contributed by atoms with E-state index >= 15 is 0 Å². The zero-order valence-corrected chi connectivity index (χ0v) is 16.1. The summed E-state index contributed by atoms with van der Waals surface area (Å²) in [5, 5.41) is 1.34. The van der Waals surface area contributed by atoms with E-state index in [0.29, 0.717) is 0 Å². The van der Waals surface area contributed by atoms with Gasteiger partial charge in [0, 0.05) is 23.5 Å². The van der Waals surface area contributed by atoms with E-state index in [9.17, 15) is 0 Å². The highest BCUT2D eigenvalue weighted by Crippen LogP contribution is 2.44. The number of nitrogens with zero attached hydrogens (tertiary/aromatic N) is 2. The fourth-order valence-electron chi connectivity index (χ4n) is 5.41. The number of benzene rings is 1. The molecule has 0 fully saturated rings. The maximum absolute atomic E-state index is 4.43. The van der Waals surface area contributed by atoms with Crippen molar-refractivity contribution >= 4 is 22.2 Å². The van der Waals surface area contributed by atoms with Crippen LogP contribution < -0.4 is 0 Å². The third kappa shape index (κ3) is 2.44. The van der Waals surface area contributed by atoms with Gasteiger partial charge in [-0.25, -0.2) is 0 Å². The molecule has 1 unspecified atom stereocenters. The molecule has 2 heteroatoms. The molecule has 0 N–H and O–H groups in total. The lowest BCUT2D eigenvalue weighted by Crippen LogP contribution is -2.15. The molecule has 1 aromatic carbocycles. The maximum Gasteiger partial charge on any atom is 0.0567 e. The van der Waals surface area contributed by atoms with Gasteiger partial charge in [-0.3, -0.25) is 4.98 Å². The van der Waals surface area contributed by atoms with Gasteiger partial charge >= 0.3 is 0 Å². The summed E-state index contributed by atoms with van der Waals surface area (Å²) in [6.07, 6.45) is 18.2. The number of fused-ring (bicyclic) bond motifs is 4. The molecule has 138 valence electrons. The van der Waals surface area contributed by atoms with Gasteiger partial charge in [0.1, 0.15) is 0 Å². The molecule has 0 spiro atoms. The molecule has 2 aromatic heterocycles. The predicted molar refractivity (Wildman–Crippen MR) is 116 cm³/mol. The number of pyridine rings is 1. The Hall–Kier alpha value is -2.87. The highest BCUT2D eigenvalue weighted by Gasteiger charge is 2.29. The first kappa shape index (κ1) is 16.1. The van der Waals surface area contributed by atoms with Gasteiger partial charge in [0.15, 0.2) is 0 Å². The Kier molecular flexibility index (Phi) is 3.65. The van der Waals surface area contributed by atoms with E-state index in [2.05, 4.69) is 70.4 Å². The van der Waals surface area contributed by atoms with Gasteiger partial charge in [-0.2, -0.15) is 0 Å². The van der Waals surface area contributed by atoms with Crippen molar-refractivity contribution in [1.82, 2.24) is 9.55 Å². The zero-order chi connectivity index (χ0) is 18.5. The number of rotatable bonds is 2. The standard InChI is InChI=1S/C26H24N2/c1-2-5-18(6-3-1)15-19-9-12-24-21(16-19)11-10-20-7-4-8-22-23-17-27-14-13-25(23)28(24)26(20)22/h1-3,5-7,10-11,13-14,17,19H,4,8-9,12,15-16H2. The Morgan fingerprint density at radius 2 is 1.96 bits per heavy atom. The van der Waals surface area contributed by atoms with E-state index in [-0.39, 0.29) is 0 Å². The lowest BCUT2D eigenvalue weighted by molar-refractivity contribution is 0.468. The average Bonchev–Trinajstić information content (AvgIpc) is 2.98. The van der Waals surface area contributed by atoms with Crippen LogP contribution in [0.5, 0.6) is 0 Å². The average molecular weight is 364 g/mol. The van der Waals surface area contributed by atoms with Crippen LogP contribution in [0.2, 0.25) is 0 Å². The van der Waals surface area contributed by atoms with E-state index < -0.39 is 0 Å². The highest BCUT2D eigenvalue weighted by molar-refractivity contribution is 5.96. The first-order valence-electron chi connectivity index (χ1n) is 10.5. The fourth-order valence-corrected chi connectivity index (χ4v) is 5.41. The minimum atomic E-state index is 0.730. The van der Waals surface area contributed by atoms with Crippen LogP contribution >= 0.6 is 0 Å². The highest BCUT2D eigenvalue weighted by atomic mass is 15.0. The number of allylic oxidation sites excluding steroid dienone is 6. The number of aromatic nitrogens is 2. The third-order valence-electron chi connectivity index (χ3n) is 6.68. The molecule has 0 saturated carbocycles. The summed E-state index contributed by atoms with van der Waals surface area (Å²) in [5.74, 6) is 0.730. The van der Waals surface area contributed by atoms with Crippen molar-refractivity contribution < 1.29 is 0 Å². The first-order chi connectivity index (χ1) is 13.9. The van der Waals surface area contributed by atoms with Crippen molar-refractivity contribution in [2.75, 3.05) is 0 Å². The van der Waals surface area contributed by atoms with E-state index in [1.54, 1.807) is 0 Å². The SMILES string of the molecule is C1=CC2=C(CCC(Cc3ccccc3)C2)n2c3c(c4cnccc42)CCC=C13. The van der Waals surface area contributed by atoms with Crippen LogP contribution in [-0.2, 0) is 12.8 Å². The molecule has 6 rings (SSSR count). The summed E-state index contributed by atoms with van der Waals surface area (Å²) in [5.41, 5.74) is 10.2. The molecule has 2 aliphatic carbocycles. The third-order valence-corrected chi connectivity index (χ3v) is 6.68. The minimum absolute atomic E-state index is 0.730. The zero-order valence-electron chi connectivity index (χ0n) is 16.1. The van der Waals surface area contributed by atoms with Crippen LogP contribution in [0.3, 0.4) is 0 Å². The topological polar surface area (TPSA) is 17.8 Å². The van der Waals surface area contributed by atoms with Gasteiger partial charge < -0.3 is 4.57 Å². The largest absolute Gasteiger partial charge is 0.312 e. The van der Waals surface area contributed by atoms with Gasteiger partial charge in [-0.05, 0) is 72.8 Å². The van der Waals surface area contributed by atoms with Crippen molar-refractivity contribution in [2.24, 2.45) is 5.92 Å². The summed E-state index contributed by atoms with van der Waals surface area (Å²) in [6, 6.07) is 13.2. The van der Waals surface area contributed by atoms with Crippen molar-refractivity contribution in [3.63, 3.8) is 0 Å². The second kappa shape index (κ2) is 6.34. The molecule has 0 radical (unpaired) electrons. The van der Waals surface area contributed by atoms with Crippen LogP contribution in [-0.4, -0.2) is 9.55 Å². The molecule has 2 nitrogen and oxygen atoms in total. The second-order valence-corrected chi connectivity index (χ2v) is 8.36. The molecule has 1 atom stereocenters. The molecule has 3 aliphatic rings. The van der Waals surface area contributed by atoms with Crippen molar-refractivity contribution in [3.8, 4) is 0 Å². The number of aryl methyl sites for hydroxylation is 1. The minimum Gasteiger partial charge on any atom is -0.312 e. The van der Waals surface area contributed by atoms with Crippen LogP contribution in [0.1, 0.15) is 42.5 Å². The molecule has 3 heterocycles. The predicted octanol–water partition coefficient (Wildman–Crippen LogP) is 6.19. The molecule has 0 amide bonds. The van der Waals surface area contributed by atoms with Gasteiger partial charge in [-0.15, -0.1) is 0 Å². The van der Waals surface area contributed by atoms with E-state index in [1.165, 1.54) is 63.8 Å². The molecule has 0 saturated heterocycles. The molecule has 1 aliphatic heterocycles. The summed E-state index contributed by atoms with van der Waals surface area (Å²) < 4.78 is 2.57. The first-order valence-corrected chi connectivity index (χ1v) is 10.5. The van der Waals surface area contributed by atoms with Gasteiger partial charge in [-0.1, -0.05) is 48.6 Å². The van der Waals surface area contributed by atoms with Crippen molar-refractivity contribution in [1.29, 1.82) is 0 Å². The Morgan fingerprint density at radius 1 is 1.04 bits per heavy atom. The van der Waals surface area contributed by atoms with Crippen LogP contribution in [0, 0.1) is 5.92 Å². The fraction of sp³-hybridized carbons (Fsp3) is 0.269. The summed E-state index contributed by atoms with van der Waals surface area (Å²) in [4.78, 5) is 4.43. The summed E-state index contributed by atoms with van der Waals surface area (Å²) in [6.45, 7) is 0. The van der Waals surface area contributed by atoms with Crippen LogP contribution in [0.15, 0.2) is 72.6 Å². The van der Waals surface area contributed by atoms with Gasteiger partial charge in [0.05, 0.1) is 11.2 Å².